The topological polar surface area (TPSA) is 195 Å². The third-order valence-corrected chi connectivity index (χ3v) is 5.97. The molecule has 0 atom stereocenters. The predicted molar refractivity (Wildman–Crippen MR) is 137 cm³/mol. The van der Waals surface area contributed by atoms with Crippen LogP contribution in [0, 0.1) is 17.9 Å². The summed E-state index contributed by atoms with van der Waals surface area (Å²) in [7, 11) is -7.12. The van der Waals surface area contributed by atoms with Crippen LogP contribution in [0.3, 0.4) is 0 Å². The number of benzene rings is 2. The normalized spacial score (nSPS) is 12.7. The molecule has 0 spiro atoms. The van der Waals surface area contributed by atoms with Crippen LogP contribution in [0.25, 0.3) is 0 Å². The Balaban J connectivity index is -0.000000444. The van der Waals surface area contributed by atoms with Crippen LogP contribution in [0.15, 0.2) is 62.7 Å². The molecule has 14 heteroatoms. The summed E-state index contributed by atoms with van der Waals surface area (Å²) in [6.07, 6.45) is 6.45. The van der Waals surface area contributed by atoms with Gasteiger partial charge in [-0.05, 0) is 38.1 Å². The molecule has 2 aromatic rings. The van der Waals surface area contributed by atoms with E-state index in [9.17, 15) is 21.6 Å². The summed E-state index contributed by atoms with van der Waals surface area (Å²) in [6.45, 7) is 2.99. The summed E-state index contributed by atoms with van der Waals surface area (Å²) in [5, 5.41) is 14.6. The van der Waals surface area contributed by atoms with Crippen molar-refractivity contribution in [3.63, 3.8) is 0 Å². The smallest absolute Gasteiger partial charge is 0.286 e. The standard InChI is InChI=1S/C8H8N2O2S.C6H8N2O2S.C6H7NO2.ClH.2H2/c1-6-9-7-4-2-3-5-8(7)13(11,12)10-6;7-5-3-1-2-4-6(5)11(8,9)10;1-3-9-6(7)4-5(2)8;;;/h2-5H,1H3,(H,9,10);1-4H,7H2,(H2,8,9,10);1,7H,4H2,2H3;3*1H. The highest BCUT2D eigenvalue weighted by Crippen LogP contribution is 2.26. The van der Waals surface area contributed by atoms with Gasteiger partial charge in [-0.3, -0.25) is 10.2 Å². The fourth-order valence-corrected chi connectivity index (χ4v) is 4.13. The Morgan fingerprint density at radius 3 is 2.29 bits per heavy atom. The van der Waals surface area contributed by atoms with Crippen LogP contribution in [0.4, 0.5) is 11.4 Å². The van der Waals surface area contributed by atoms with Gasteiger partial charge >= 0.3 is 0 Å². The van der Waals surface area contributed by atoms with Gasteiger partial charge in [0.25, 0.3) is 10.0 Å². The predicted octanol–water partition coefficient (Wildman–Crippen LogP) is 2.60. The number of hydrogen-bond acceptors (Lipinski definition) is 9. The number of Topliss-reactive ketones (excluding diaryl/α,β-unsaturated/α-hetero) is 1. The molecule has 0 unspecified atom stereocenters. The quantitative estimate of drug-likeness (QED) is 0.200. The van der Waals surface area contributed by atoms with Crippen molar-refractivity contribution >= 4 is 61.3 Å². The number of nitrogens with one attached hydrogen (secondary N) is 2. The van der Waals surface area contributed by atoms with Crippen LogP contribution in [0.2, 0.25) is 0 Å². The number of carbonyl (C=O) groups excluding carboxylic acids is 1. The van der Waals surface area contributed by atoms with Crippen molar-refractivity contribution in [2.45, 2.75) is 30.1 Å². The lowest BCUT2D eigenvalue weighted by molar-refractivity contribution is -0.116. The van der Waals surface area contributed by atoms with E-state index in [0.717, 1.165) is 0 Å². The minimum Gasteiger partial charge on any atom is -0.398 e. The highest BCUT2D eigenvalue weighted by atomic mass is 35.5. The van der Waals surface area contributed by atoms with E-state index in [4.69, 9.17) is 16.3 Å². The van der Waals surface area contributed by atoms with Gasteiger partial charge in [-0.1, -0.05) is 30.7 Å². The monoisotopic (exact) mass is 533 g/mol. The van der Waals surface area contributed by atoms with E-state index in [0.29, 0.717) is 11.5 Å². The van der Waals surface area contributed by atoms with Crippen molar-refractivity contribution < 1.29 is 29.2 Å². The molecule has 1 aliphatic rings. The van der Waals surface area contributed by atoms with Crippen LogP contribution >= 0.6 is 12.4 Å². The molecule has 1 heterocycles. The van der Waals surface area contributed by atoms with Crippen molar-refractivity contribution in [3.05, 3.63) is 48.5 Å². The van der Waals surface area contributed by atoms with E-state index < -0.39 is 20.0 Å². The van der Waals surface area contributed by atoms with E-state index >= 15 is 0 Å². The Morgan fingerprint density at radius 1 is 1.24 bits per heavy atom. The van der Waals surface area contributed by atoms with Gasteiger partial charge in [0.15, 0.2) is 0 Å². The van der Waals surface area contributed by atoms with Crippen molar-refractivity contribution in [3.8, 4) is 12.5 Å². The summed E-state index contributed by atoms with van der Waals surface area (Å²) in [5.74, 6) is 0.0963. The van der Waals surface area contributed by atoms with E-state index in [-0.39, 0.29) is 48.8 Å². The van der Waals surface area contributed by atoms with Gasteiger partial charge in [0.1, 0.15) is 27.5 Å². The van der Waals surface area contributed by atoms with Crippen LogP contribution in [0.5, 0.6) is 0 Å². The molecule has 0 amide bonds. The Labute approximate surface area is 207 Å². The van der Waals surface area contributed by atoms with Gasteiger partial charge < -0.3 is 15.8 Å². The Morgan fingerprint density at radius 2 is 1.79 bits per heavy atom. The van der Waals surface area contributed by atoms with Crippen LogP contribution < -0.4 is 16.2 Å². The largest absolute Gasteiger partial charge is 0.398 e. The average molecular weight is 534 g/mol. The Hall–Kier alpha value is -3.44. The zero-order valence-corrected chi connectivity index (χ0v) is 20.6. The first-order valence-electron chi connectivity index (χ1n) is 9.02. The van der Waals surface area contributed by atoms with Crippen LogP contribution in [0.1, 0.15) is 23.1 Å². The maximum absolute atomic E-state index is 11.5. The molecule has 0 aliphatic carbocycles. The molecular weight excluding hydrogens is 506 g/mol. The molecule has 2 aromatic carbocycles. The second kappa shape index (κ2) is 13.3. The van der Waals surface area contributed by atoms with Crippen molar-refractivity contribution in [2.24, 2.45) is 9.54 Å². The maximum atomic E-state index is 11.5. The number of ether oxygens (including phenoxy) is 1. The number of nitrogens with two attached hydrogens (primary N) is 2. The molecule has 188 valence electrons. The van der Waals surface area contributed by atoms with Gasteiger partial charge in [0.2, 0.25) is 15.9 Å². The van der Waals surface area contributed by atoms with E-state index in [1.54, 1.807) is 43.4 Å². The molecule has 0 fully saturated rings. The fourth-order valence-electron chi connectivity index (χ4n) is 2.31. The number of anilines is 2. The molecule has 3 rings (SSSR count). The molecule has 0 radical (unpaired) electrons. The molecule has 1 aliphatic heterocycles. The lowest BCUT2D eigenvalue weighted by Gasteiger charge is -2.14. The third kappa shape index (κ3) is 10.0. The SMILES string of the molecule is C#COC(=N)CC(C)=O.CC1=NS(=O)(=O)c2ccccc2N1.Cl.Nc1ccccc1S(N)(=O)=O.[HH].[HH]. The number of primary sulfonamides is 1. The minimum atomic E-state index is -3.66. The third-order valence-electron chi connectivity index (χ3n) is 3.55. The number of amidine groups is 1. The number of carbonyl (C=O) groups is 1. The minimum absolute atomic E-state index is 0. The van der Waals surface area contributed by atoms with Gasteiger partial charge in [-0.25, -0.2) is 13.6 Å². The number of nitrogen functional groups attached to an aromatic ring is 1. The van der Waals surface area contributed by atoms with Crippen molar-refractivity contribution in [1.82, 2.24) is 0 Å². The number of nitrogens with zero attached hydrogens (tertiary/aromatic N) is 1. The average Bonchev–Trinajstić information content (AvgIpc) is 2.67. The first-order valence-corrected chi connectivity index (χ1v) is 12.0. The molecular formula is C20H28ClN5O6S2. The second-order valence-corrected chi connectivity index (χ2v) is 9.48. The summed E-state index contributed by atoms with van der Waals surface area (Å²) in [5.41, 5.74) is 6.12. The fraction of sp³-hybridized carbons (Fsp3) is 0.150. The highest BCUT2D eigenvalue weighted by Gasteiger charge is 2.21. The number of ketones is 1. The van der Waals surface area contributed by atoms with Crippen LogP contribution in [-0.2, 0) is 29.6 Å². The van der Waals surface area contributed by atoms with E-state index in [1.165, 1.54) is 25.1 Å². The number of terminal acetylenes is 1. The summed E-state index contributed by atoms with van der Waals surface area (Å²) >= 11 is 0. The lowest BCUT2D eigenvalue weighted by Crippen LogP contribution is -2.18. The van der Waals surface area contributed by atoms with E-state index in [2.05, 4.69) is 20.9 Å². The van der Waals surface area contributed by atoms with Crippen molar-refractivity contribution in [1.29, 1.82) is 5.41 Å². The molecule has 6 N–H and O–H groups in total. The number of halogens is 1. The van der Waals surface area contributed by atoms with Crippen LogP contribution in [-0.4, -0.2) is 34.4 Å². The summed E-state index contributed by atoms with van der Waals surface area (Å²) in [6, 6.07) is 12.8. The zero-order valence-electron chi connectivity index (χ0n) is 18.2. The lowest BCUT2D eigenvalue weighted by atomic mass is 10.3. The van der Waals surface area contributed by atoms with Gasteiger partial charge in [0, 0.05) is 2.85 Å². The first-order chi connectivity index (χ1) is 15.3. The number of hydrogen-bond donors (Lipinski definition) is 4. The molecule has 11 nitrogen and oxygen atoms in total. The molecule has 34 heavy (non-hydrogen) atoms. The summed E-state index contributed by atoms with van der Waals surface area (Å²) in [4.78, 5) is 10.4. The Bertz CT molecular complexity index is 1330. The maximum Gasteiger partial charge on any atom is 0.286 e. The van der Waals surface area contributed by atoms with E-state index in [1.807, 2.05) is 0 Å². The molecule has 0 bridgehead atoms. The first kappa shape index (κ1) is 30.6. The second-order valence-electron chi connectivity index (χ2n) is 6.38. The molecule has 0 saturated heterocycles. The van der Waals surface area contributed by atoms with Gasteiger partial charge in [0.05, 0.1) is 17.8 Å². The molecule has 0 aromatic heterocycles. The van der Waals surface area contributed by atoms with Gasteiger partial charge in [-0.2, -0.15) is 8.42 Å². The van der Waals surface area contributed by atoms with Gasteiger partial charge in [-0.15, -0.1) is 16.8 Å². The zero-order chi connectivity index (χ0) is 25.2. The summed E-state index contributed by atoms with van der Waals surface area (Å²) < 4.78 is 52.2. The number of fused-ring (bicyclic) bond motifs is 1. The highest BCUT2D eigenvalue weighted by molar-refractivity contribution is 7.90. The number of sulfonamides is 2. The Kier molecular flexibility index (Phi) is 12.0. The number of rotatable bonds is 3. The van der Waals surface area contributed by atoms with Crippen molar-refractivity contribution in [2.75, 3.05) is 11.1 Å². The molecule has 0 saturated carbocycles. The number of para-hydroxylation sites is 2.